The van der Waals surface area contributed by atoms with Crippen LogP contribution in [0, 0.1) is 5.92 Å². The molecular weight excluding hydrogens is 342 g/mol. The largest absolute Gasteiger partial charge is 0.459 e. The van der Waals surface area contributed by atoms with Crippen LogP contribution in [-0.4, -0.2) is 49.8 Å². The van der Waals surface area contributed by atoms with E-state index in [0.29, 0.717) is 18.5 Å². The Balaban J connectivity index is 1.53. The van der Waals surface area contributed by atoms with Crippen molar-refractivity contribution in [3.05, 3.63) is 36.1 Å². The summed E-state index contributed by atoms with van der Waals surface area (Å²) in [5, 5.41) is 7.07. The second-order valence-electron chi connectivity index (χ2n) is 7.69. The molecule has 2 heterocycles. The molecule has 2 atom stereocenters. The monoisotopic (exact) mass is 373 g/mol. The lowest BCUT2D eigenvalue weighted by Gasteiger charge is -2.35. The molecule has 0 bridgehead atoms. The highest BCUT2D eigenvalue weighted by atomic mass is 16.5. The van der Waals surface area contributed by atoms with E-state index in [4.69, 9.17) is 9.15 Å². The molecule has 3 rings (SSSR count). The number of fused-ring (bicyclic) bond motifs is 1. The van der Waals surface area contributed by atoms with Crippen molar-refractivity contribution >= 4 is 17.0 Å². The Hall–Kier alpha value is -2.05. The predicted molar refractivity (Wildman–Crippen MR) is 107 cm³/mol. The number of ether oxygens (including phenoxy) is 1. The van der Waals surface area contributed by atoms with E-state index in [0.717, 1.165) is 49.5 Å². The standard InChI is InChI=1S/C21H31N3O3/c1-15(2)12-18(24-8-10-26-11-9-24)14-22-21(25)23-16(3)20-13-17-6-4-5-7-19(17)27-20/h4-7,13,15-16,18H,8-12,14H2,1-3H3,(H2,22,23,25). The Labute approximate surface area is 161 Å². The topological polar surface area (TPSA) is 66.7 Å². The smallest absolute Gasteiger partial charge is 0.315 e. The number of rotatable bonds is 7. The maximum atomic E-state index is 12.4. The zero-order valence-electron chi connectivity index (χ0n) is 16.5. The molecule has 6 heteroatoms. The highest BCUT2D eigenvalue weighted by molar-refractivity contribution is 5.78. The van der Waals surface area contributed by atoms with E-state index in [-0.39, 0.29) is 12.1 Å². The number of morpholine rings is 1. The summed E-state index contributed by atoms with van der Waals surface area (Å²) >= 11 is 0. The number of nitrogens with zero attached hydrogens (tertiary/aromatic N) is 1. The molecule has 6 nitrogen and oxygen atoms in total. The molecule has 2 aromatic rings. The first-order valence-electron chi connectivity index (χ1n) is 9.87. The summed E-state index contributed by atoms with van der Waals surface area (Å²) in [5.74, 6) is 1.34. The van der Waals surface area contributed by atoms with Crippen LogP contribution in [0.3, 0.4) is 0 Å². The molecule has 1 saturated heterocycles. The molecule has 148 valence electrons. The normalized spacial score (nSPS) is 17.8. The van der Waals surface area contributed by atoms with E-state index in [1.807, 2.05) is 37.3 Å². The van der Waals surface area contributed by atoms with Gasteiger partial charge in [-0.25, -0.2) is 4.79 Å². The number of urea groups is 1. The molecular formula is C21H31N3O3. The maximum absolute atomic E-state index is 12.4. The van der Waals surface area contributed by atoms with Crippen LogP contribution in [0.4, 0.5) is 4.79 Å². The number of furan rings is 1. The number of carbonyl (C=O) groups is 1. The maximum Gasteiger partial charge on any atom is 0.315 e. The van der Waals surface area contributed by atoms with Gasteiger partial charge in [-0.05, 0) is 31.4 Å². The summed E-state index contributed by atoms with van der Waals surface area (Å²) in [6.45, 7) is 10.4. The van der Waals surface area contributed by atoms with Crippen LogP contribution in [0.1, 0.15) is 39.0 Å². The molecule has 0 aliphatic carbocycles. The molecule has 1 aromatic heterocycles. The summed E-state index contributed by atoms with van der Waals surface area (Å²) < 4.78 is 11.3. The van der Waals surface area contributed by atoms with E-state index in [9.17, 15) is 4.79 Å². The van der Waals surface area contributed by atoms with Gasteiger partial charge in [0.1, 0.15) is 11.3 Å². The number of hydrogen-bond acceptors (Lipinski definition) is 4. The van der Waals surface area contributed by atoms with Gasteiger partial charge in [-0.3, -0.25) is 4.90 Å². The first-order valence-corrected chi connectivity index (χ1v) is 9.87. The molecule has 1 aliphatic heterocycles. The molecule has 1 fully saturated rings. The lowest BCUT2D eigenvalue weighted by Crippen LogP contribution is -2.50. The molecule has 0 saturated carbocycles. The third kappa shape index (κ3) is 5.47. The highest BCUT2D eigenvalue weighted by Crippen LogP contribution is 2.23. The fourth-order valence-corrected chi connectivity index (χ4v) is 3.59. The van der Waals surface area contributed by atoms with E-state index in [2.05, 4.69) is 29.4 Å². The van der Waals surface area contributed by atoms with Crippen molar-refractivity contribution < 1.29 is 13.9 Å². The summed E-state index contributed by atoms with van der Waals surface area (Å²) in [5.41, 5.74) is 0.839. The van der Waals surface area contributed by atoms with Gasteiger partial charge in [0.25, 0.3) is 0 Å². The van der Waals surface area contributed by atoms with Gasteiger partial charge in [0.2, 0.25) is 0 Å². The van der Waals surface area contributed by atoms with Gasteiger partial charge >= 0.3 is 6.03 Å². The van der Waals surface area contributed by atoms with Crippen molar-refractivity contribution in [1.29, 1.82) is 0 Å². The number of benzene rings is 1. The quantitative estimate of drug-likeness (QED) is 0.779. The Bertz CT molecular complexity index is 704. The lowest BCUT2D eigenvalue weighted by atomic mass is 10.0. The number of para-hydroxylation sites is 1. The number of nitrogens with one attached hydrogen (secondary N) is 2. The summed E-state index contributed by atoms with van der Waals surface area (Å²) in [6.07, 6.45) is 1.05. The molecule has 2 N–H and O–H groups in total. The summed E-state index contributed by atoms with van der Waals surface area (Å²) in [6, 6.07) is 9.83. The fourth-order valence-electron chi connectivity index (χ4n) is 3.59. The fraction of sp³-hybridized carbons (Fsp3) is 0.571. The Kier molecular flexibility index (Phi) is 6.74. The van der Waals surface area contributed by atoms with Gasteiger partial charge in [0, 0.05) is 31.1 Å². The number of hydrogen-bond donors (Lipinski definition) is 2. The minimum Gasteiger partial charge on any atom is -0.459 e. The minimum absolute atomic E-state index is 0.162. The second-order valence-corrected chi connectivity index (χ2v) is 7.69. The highest BCUT2D eigenvalue weighted by Gasteiger charge is 2.23. The lowest BCUT2D eigenvalue weighted by molar-refractivity contribution is 0.0129. The first-order chi connectivity index (χ1) is 13.0. The molecule has 0 radical (unpaired) electrons. The van der Waals surface area contributed by atoms with E-state index >= 15 is 0 Å². The third-order valence-electron chi connectivity index (χ3n) is 5.02. The van der Waals surface area contributed by atoms with Crippen molar-refractivity contribution in [1.82, 2.24) is 15.5 Å². The van der Waals surface area contributed by atoms with Crippen molar-refractivity contribution in [2.45, 2.75) is 39.3 Å². The Morgan fingerprint density at radius 1 is 1.19 bits per heavy atom. The third-order valence-corrected chi connectivity index (χ3v) is 5.02. The average Bonchev–Trinajstić information content (AvgIpc) is 3.10. The van der Waals surface area contributed by atoms with Crippen LogP contribution in [0.15, 0.2) is 34.7 Å². The van der Waals surface area contributed by atoms with Crippen molar-refractivity contribution in [2.24, 2.45) is 5.92 Å². The zero-order valence-corrected chi connectivity index (χ0v) is 16.5. The van der Waals surface area contributed by atoms with Crippen LogP contribution in [0.25, 0.3) is 11.0 Å². The van der Waals surface area contributed by atoms with Crippen molar-refractivity contribution in [2.75, 3.05) is 32.8 Å². The van der Waals surface area contributed by atoms with Crippen molar-refractivity contribution in [3.63, 3.8) is 0 Å². The second kappa shape index (κ2) is 9.24. The van der Waals surface area contributed by atoms with Gasteiger partial charge in [-0.1, -0.05) is 32.0 Å². The first kappa shape index (κ1) is 19.7. The molecule has 0 spiro atoms. The number of amides is 2. The molecule has 27 heavy (non-hydrogen) atoms. The molecule has 1 aliphatic rings. The van der Waals surface area contributed by atoms with Gasteiger partial charge in [0.15, 0.2) is 0 Å². The van der Waals surface area contributed by atoms with Gasteiger partial charge in [0.05, 0.1) is 19.3 Å². The molecule has 2 unspecified atom stereocenters. The summed E-state index contributed by atoms with van der Waals surface area (Å²) in [7, 11) is 0. The molecule has 2 amide bonds. The van der Waals surface area contributed by atoms with E-state index in [1.54, 1.807) is 0 Å². The van der Waals surface area contributed by atoms with Gasteiger partial charge < -0.3 is 19.8 Å². The molecule has 1 aromatic carbocycles. The van der Waals surface area contributed by atoms with Crippen LogP contribution in [0.2, 0.25) is 0 Å². The van der Waals surface area contributed by atoms with E-state index < -0.39 is 0 Å². The minimum atomic E-state index is -0.190. The van der Waals surface area contributed by atoms with Crippen LogP contribution >= 0.6 is 0 Å². The SMILES string of the molecule is CC(C)CC(CNC(=O)NC(C)c1cc2ccccc2o1)N1CCOCC1. The average molecular weight is 373 g/mol. The summed E-state index contributed by atoms with van der Waals surface area (Å²) in [4.78, 5) is 14.8. The van der Waals surface area contributed by atoms with Gasteiger partial charge in [-0.15, -0.1) is 0 Å². The van der Waals surface area contributed by atoms with E-state index in [1.165, 1.54) is 0 Å². The van der Waals surface area contributed by atoms with Crippen LogP contribution in [0.5, 0.6) is 0 Å². The van der Waals surface area contributed by atoms with Crippen LogP contribution in [-0.2, 0) is 4.74 Å². The van der Waals surface area contributed by atoms with Crippen LogP contribution < -0.4 is 10.6 Å². The number of carbonyl (C=O) groups excluding carboxylic acids is 1. The Morgan fingerprint density at radius 3 is 2.63 bits per heavy atom. The predicted octanol–water partition coefficient (Wildman–Crippen LogP) is 3.54. The van der Waals surface area contributed by atoms with Crippen molar-refractivity contribution in [3.8, 4) is 0 Å². The van der Waals surface area contributed by atoms with Gasteiger partial charge in [-0.2, -0.15) is 0 Å². The zero-order chi connectivity index (χ0) is 19.2. The Morgan fingerprint density at radius 2 is 1.93 bits per heavy atom.